The number of methoxy groups -OCH3 is 1. The Morgan fingerprint density at radius 3 is 2.36 bits per heavy atom. The number of ether oxygens (including phenoxy) is 4. The van der Waals surface area contributed by atoms with E-state index >= 15 is 0 Å². The van der Waals surface area contributed by atoms with Crippen LogP contribution in [-0.4, -0.2) is 115 Å². The number of allylic oxidation sites excluding steroid dienone is 4. The predicted octanol–water partition coefficient (Wildman–Crippen LogP) is 0.783. The molecule has 2 aliphatic rings. The van der Waals surface area contributed by atoms with Gasteiger partial charge in [0.1, 0.15) is 24.6 Å². The summed E-state index contributed by atoms with van der Waals surface area (Å²) in [5, 5.41) is 32.8. The van der Waals surface area contributed by atoms with Gasteiger partial charge in [-0.15, -0.1) is 0 Å². The minimum atomic E-state index is -1.39. The lowest BCUT2D eigenvalue weighted by Crippen LogP contribution is -2.63. The van der Waals surface area contributed by atoms with Crippen molar-refractivity contribution in [3.8, 4) is 0 Å². The molecule has 3 N–H and O–H groups in total. The van der Waals surface area contributed by atoms with Crippen LogP contribution in [0.2, 0.25) is 0 Å². The number of nitrogens with zero attached hydrogens (tertiary/aromatic N) is 1. The number of ketones is 1. The van der Waals surface area contributed by atoms with Gasteiger partial charge in [0.05, 0.1) is 36.9 Å². The van der Waals surface area contributed by atoms with Crippen molar-refractivity contribution in [2.45, 2.75) is 102 Å². The summed E-state index contributed by atoms with van der Waals surface area (Å²) in [6.45, 7) is 5.19. The summed E-state index contributed by atoms with van der Waals surface area (Å²) in [6, 6.07) is -0.701. The topological polar surface area (TPSA) is 152 Å². The van der Waals surface area contributed by atoms with E-state index in [1.54, 1.807) is 45.0 Å². The maximum atomic E-state index is 12.6. The molecule has 2 aliphatic heterocycles. The van der Waals surface area contributed by atoms with Crippen LogP contribution in [0.25, 0.3) is 0 Å². The number of hydrogen-bond donors (Lipinski definition) is 3. The van der Waals surface area contributed by atoms with E-state index in [4.69, 9.17) is 18.9 Å². The highest BCUT2D eigenvalue weighted by Gasteiger charge is 2.47. The standard InChI is InChI=1S/C28H45NO10/c1-16-9-7-8-10-20(31)14-17(2)37-22(33)15-21(32)27(36-6)26(19(13-16)11-12-30)39-28-25(35)23(29(4)5)24(34)18(3)38-28/h7-10,12,16-19,21,23-28,32,34-35H,11,13-15H2,1-6H3/b9-7-,10-8+/t16-,17+,18+,19-,21+,23-,24+,25+,26?,27-,28-/m0/s1. The molecule has 11 nitrogen and oxygen atoms in total. The Hall–Kier alpha value is -1.99. The van der Waals surface area contributed by atoms with Gasteiger partial charge in [-0.05, 0) is 52.3 Å². The second-order valence-corrected chi connectivity index (χ2v) is 10.8. The number of likely N-dealkylation sites (N-methyl/N-ethyl adjacent to an activating group) is 1. The Morgan fingerprint density at radius 1 is 1.05 bits per heavy atom. The number of cyclic esters (lactones) is 1. The van der Waals surface area contributed by atoms with Crippen LogP contribution in [0.1, 0.15) is 46.5 Å². The maximum absolute atomic E-state index is 12.6. The molecule has 222 valence electrons. The van der Waals surface area contributed by atoms with Gasteiger partial charge in [0, 0.05) is 20.0 Å². The molecule has 11 atom stereocenters. The van der Waals surface area contributed by atoms with Gasteiger partial charge in [0.25, 0.3) is 0 Å². The number of esters is 1. The smallest absolute Gasteiger partial charge is 0.308 e. The van der Waals surface area contributed by atoms with Crippen LogP contribution in [0.5, 0.6) is 0 Å². The molecule has 0 aromatic heterocycles. The number of aldehydes is 1. The molecule has 39 heavy (non-hydrogen) atoms. The van der Waals surface area contributed by atoms with E-state index in [2.05, 4.69) is 0 Å². The molecule has 2 heterocycles. The largest absolute Gasteiger partial charge is 0.462 e. The lowest BCUT2D eigenvalue weighted by atomic mass is 9.84. The van der Waals surface area contributed by atoms with Crippen LogP contribution >= 0.6 is 0 Å². The molecule has 1 saturated heterocycles. The number of hydrogen-bond acceptors (Lipinski definition) is 11. The minimum absolute atomic E-state index is 0.00341. The van der Waals surface area contributed by atoms with Gasteiger partial charge in [-0.25, -0.2) is 0 Å². The minimum Gasteiger partial charge on any atom is -0.462 e. The Kier molecular flexibility index (Phi) is 13.4. The monoisotopic (exact) mass is 555 g/mol. The molecular formula is C28H45NO10. The summed E-state index contributed by atoms with van der Waals surface area (Å²) in [6.07, 6.45) is -0.892. The molecule has 1 fully saturated rings. The molecule has 0 radical (unpaired) electrons. The van der Waals surface area contributed by atoms with Crippen molar-refractivity contribution in [2.24, 2.45) is 11.8 Å². The lowest BCUT2D eigenvalue weighted by molar-refractivity contribution is -0.309. The van der Waals surface area contributed by atoms with Crippen LogP contribution in [0.3, 0.4) is 0 Å². The van der Waals surface area contributed by atoms with Crippen molar-refractivity contribution >= 4 is 18.0 Å². The molecule has 0 aliphatic carbocycles. The zero-order valence-corrected chi connectivity index (χ0v) is 23.7. The Labute approximate surface area is 230 Å². The summed E-state index contributed by atoms with van der Waals surface area (Å²) < 4.78 is 23.1. The molecule has 0 bridgehead atoms. The highest BCUT2D eigenvalue weighted by Crippen LogP contribution is 2.32. The Morgan fingerprint density at radius 2 is 1.74 bits per heavy atom. The summed E-state index contributed by atoms with van der Waals surface area (Å²) in [7, 11) is 4.80. The first-order chi connectivity index (χ1) is 18.4. The Bertz CT molecular complexity index is 861. The summed E-state index contributed by atoms with van der Waals surface area (Å²) in [5.41, 5.74) is 0. The molecule has 1 unspecified atom stereocenters. The zero-order chi connectivity index (χ0) is 29.3. The molecule has 2 rings (SSSR count). The second kappa shape index (κ2) is 15.7. The van der Waals surface area contributed by atoms with Gasteiger partial charge in [-0.1, -0.05) is 25.2 Å². The molecular weight excluding hydrogens is 510 g/mol. The fourth-order valence-corrected chi connectivity index (χ4v) is 5.27. The number of carbonyl (C=O) groups is 3. The van der Waals surface area contributed by atoms with Crippen molar-refractivity contribution < 1.29 is 48.7 Å². The SMILES string of the molecule is CO[C@@H]1C(O[C@@H]2O[C@H](C)[C@@H](O)[C@H](N(C)C)[C@H]2O)[C@@H](CC=O)C[C@@H](C)/C=C\C=C\C(=O)C[C@@H](C)OC(=O)C[C@H]1O. The second-order valence-electron chi connectivity index (χ2n) is 10.8. The number of carbonyl (C=O) groups excluding carboxylic acids is 3. The number of rotatable bonds is 6. The van der Waals surface area contributed by atoms with Crippen LogP contribution < -0.4 is 0 Å². The van der Waals surface area contributed by atoms with E-state index in [0.29, 0.717) is 6.42 Å². The predicted molar refractivity (Wildman–Crippen MR) is 142 cm³/mol. The van der Waals surface area contributed by atoms with E-state index < -0.39 is 73.4 Å². The van der Waals surface area contributed by atoms with E-state index in [0.717, 1.165) is 6.29 Å². The lowest BCUT2D eigenvalue weighted by Gasteiger charge is -2.46. The summed E-state index contributed by atoms with van der Waals surface area (Å²) in [5.74, 6) is -1.51. The van der Waals surface area contributed by atoms with Crippen LogP contribution in [-0.2, 0) is 33.3 Å². The van der Waals surface area contributed by atoms with Gasteiger partial charge in [-0.3, -0.25) is 9.59 Å². The van der Waals surface area contributed by atoms with E-state index in [-0.39, 0.29) is 24.5 Å². The average Bonchev–Trinajstić information content (AvgIpc) is 2.83. The Balaban J connectivity index is 2.47. The number of aliphatic hydroxyl groups excluding tert-OH is 3. The van der Waals surface area contributed by atoms with Gasteiger partial charge >= 0.3 is 5.97 Å². The molecule has 0 amide bonds. The molecule has 0 spiro atoms. The van der Waals surface area contributed by atoms with Gasteiger partial charge in [-0.2, -0.15) is 0 Å². The molecule has 11 heteroatoms. The fourth-order valence-electron chi connectivity index (χ4n) is 5.27. The van der Waals surface area contributed by atoms with Crippen LogP contribution in [0.15, 0.2) is 24.3 Å². The van der Waals surface area contributed by atoms with Crippen LogP contribution in [0, 0.1) is 11.8 Å². The zero-order valence-electron chi connectivity index (χ0n) is 23.7. The molecule has 0 aromatic rings. The molecule has 0 aromatic carbocycles. The summed E-state index contributed by atoms with van der Waals surface area (Å²) in [4.78, 5) is 38.2. The molecule has 0 saturated carbocycles. The van der Waals surface area contributed by atoms with Crippen molar-refractivity contribution in [3.05, 3.63) is 24.3 Å². The van der Waals surface area contributed by atoms with Crippen LogP contribution in [0.4, 0.5) is 0 Å². The van der Waals surface area contributed by atoms with Crippen molar-refractivity contribution in [3.63, 3.8) is 0 Å². The average molecular weight is 556 g/mol. The summed E-state index contributed by atoms with van der Waals surface area (Å²) >= 11 is 0. The first-order valence-corrected chi connectivity index (χ1v) is 13.4. The van der Waals surface area contributed by atoms with Gasteiger partial charge in [0.15, 0.2) is 12.1 Å². The first-order valence-electron chi connectivity index (χ1n) is 13.4. The van der Waals surface area contributed by atoms with Gasteiger partial charge in [0.2, 0.25) is 0 Å². The fraction of sp³-hybridized carbons (Fsp3) is 0.750. The van der Waals surface area contributed by atoms with Crippen molar-refractivity contribution in [1.29, 1.82) is 0 Å². The van der Waals surface area contributed by atoms with Crippen molar-refractivity contribution in [1.82, 2.24) is 4.90 Å². The normalized spacial score (nSPS) is 41.1. The third-order valence-corrected chi connectivity index (χ3v) is 7.24. The third-order valence-electron chi connectivity index (χ3n) is 7.24. The quantitative estimate of drug-likeness (QED) is 0.315. The van der Waals surface area contributed by atoms with Gasteiger partial charge < -0.3 is 44.0 Å². The van der Waals surface area contributed by atoms with E-state index in [9.17, 15) is 29.7 Å². The van der Waals surface area contributed by atoms with E-state index in [1.807, 2.05) is 13.0 Å². The number of aliphatic hydroxyl groups is 3. The van der Waals surface area contributed by atoms with Crippen molar-refractivity contribution in [2.75, 3.05) is 21.2 Å². The third kappa shape index (κ3) is 9.56. The first kappa shape index (κ1) is 33.2. The highest BCUT2D eigenvalue weighted by atomic mass is 16.7. The van der Waals surface area contributed by atoms with E-state index in [1.165, 1.54) is 13.2 Å². The highest BCUT2D eigenvalue weighted by molar-refractivity contribution is 5.90. The maximum Gasteiger partial charge on any atom is 0.308 e.